The highest BCUT2D eigenvalue weighted by molar-refractivity contribution is 9.10. The van der Waals surface area contributed by atoms with Crippen molar-refractivity contribution in [2.45, 2.75) is 39.2 Å². The van der Waals surface area contributed by atoms with E-state index in [2.05, 4.69) is 52.0 Å². The van der Waals surface area contributed by atoms with E-state index >= 15 is 0 Å². The third kappa shape index (κ3) is 6.21. The molecule has 0 fully saturated rings. The fourth-order valence-corrected chi connectivity index (χ4v) is 2.60. The van der Waals surface area contributed by atoms with Crippen LogP contribution in [0.15, 0.2) is 28.7 Å². The number of benzene rings is 1. The molecular formula is C15H23BrClN. The van der Waals surface area contributed by atoms with Crippen LogP contribution in [0.2, 0.25) is 0 Å². The zero-order chi connectivity index (χ0) is 13.2. The fourth-order valence-electron chi connectivity index (χ4n) is 2.00. The predicted octanol–water partition coefficient (Wildman–Crippen LogP) is 5.07. The minimum atomic E-state index is 0.800. The van der Waals surface area contributed by atoms with Gasteiger partial charge in [-0.1, -0.05) is 53.9 Å². The third-order valence-corrected chi connectivity index (χ3v) is 4.20. The molecule has 0 aromatic heterocycles. The molecule has 1 nitrogen and oxygen atoms in total. The summed E-state index contributed by atoms with van der Waals surface area (Å²) in [4.78, 5) is 2.50. The first-order valence-electron chi connectivity index (χ1n) is 6.79. The van der Waals surface area contributed by atoms with Gasteiger partial charge in [-0.15, -0.1) is 11.6 Å². The zero-order valence-electron chi connectivity index (χ0n) is 11.2. The number of unbranched alkanes of at least 4 members (excludes halogenated alkanes) is 3. The molecular weight excluding hydrogens is 310 g/mol. The van der Waals surface area contributed by atoms with Crippen LogP contribution in [0, 0.1) is 0 Å². The molecule has 0 spiro atoms. The number of nitrogens with zero attached hydrogens (tertiary/aromatic N) is 1. The van der Waals surface area contributed by atoms with E-state index in [1.807, 2.05) is 0 Å². The number of hydrogen-bond acceptors (Lipinski definition) is 1. The van der Waals surface area contributed by atoms with Crippen molar-refractivity contribution in [1.29, 1.82) is 0 Å². The Morgan fingerprint density at radius 3 is 2.50 bits per heavy atom. The molecule has 0 saturated carbocycles. The molecule has 0 saturated heterocycles. The fraction of sp³-hybridized carbons (Fsp3) is 0.600. The van der Waals surface area contributed by atoms with Crippen molar-refractivity contribution in [1.82, 2.24) is 4.90 Å². The van der Waals surface area contributed by atoms with Crippen molar-refractivity contribution >= 4 is 27.5 Å². The second-order valence-corrected chi connectivity index (χ2v) is 5.80. The highest BCUT2D eigenvalue weighted by Crippen LogP contribution is 2.18. The van der Waals surface area contributed by atoms with Crippen LogP contribution in [-0.4, -0.2) is 23.9 Å². The summed E-state index contributed by atoms with van der Waals surface area (Å²) >= 11 is 9.29. The molecule has 0 radical (unpaired) electrons. The Hall–Kier alpha value is -0.0500. The Bertz CT molecular complexity index is 330. The van der Waals surface area contributed by atoms with Crippen LogP contribution in [0.25, 0.3) is 0 Å². The molecule has 0 bridgehead atoms. The normalized spacial score (nSPS) is 11.1. The van der Waals surface area contributed by atoms with Crippen molar-refractivity contribution in [3.8, 4) is 0 Å². The SMILES string of the molecule is CCN(CCCCCCCl)Cc1ccccc1Br. The Labute approximate surface area is 125 Å². The Balaban J connectivity index is 2.31. The molecule has 0 aliphatic rings. The summed E-state index contributed by atoms with van der Waals surface area (Å²) in [6.07, 6.45) is 4.97. The van der Waals surface area contributed by atoms with Gasteiger partial charge < -0.3 is 0 Å². The first-order chi connectivity index (χ1) is 8.77. The third-order valence-electron chi connectivity index (χ3n) is 3.16. The van der Waals surface area contributed by atoms with Crippen molar-refractivity contribution in [2.24, 2.45) is 0 Å². The molecule has 102 valence electrons. The van der Waals surface area contributed by atoms with Crippen LogP contribution in [0.4, 0.5) is 0 Å². The summed E-state index contributed by atoms with van der Waals surface area (Å²) in [7, 11) is 0. The standard InChI is InChI=1S/C15H23BrClN/c1-2-18(12-8-4-3-7-11-17)13-14-9-5-6-10-15(14)16/h5-6,9-10H,2-4,7-8,11-13H2,1H3. The predicted molar refractivity (Wildman–Crippen MR) is 84.3 cm³/mol. The van der Waals surface area contributed by atoms with Gasteiger partial charge in [-0.25, -0.2) is 0 Å². The van der Waals surface area contributed by atoms with Crippen LogP contribution in [0.1, 0.15) is 38.2 Å². The maximum Gasteiger partial charge on any atom is 0.0244 e. The molecule has 0 unspecified atom stereocenters. The molecule has 0 atom stereocenters. The Morgan fingerprint density at radius 1 is 1.11 bits per heavy atom. The van der Waals surface area contributed by atoms with E-state index in [1.165, 1.54) is 35.8 Å². The largest absolute Gasteiger partial charge is 0.299 e. The van der Waals surface area contributed by atoms with E-state index in [0.29, 0.717) is 0 Å². The Kier molecular flexibility index (Phi) is 8.74. The lowest BCUT2D eigenvalue weighted by Gasteiger charge is -2.21. The number of rotatable bonds is 9. The average molecular weight is 333 g/mol. The van der Waals surface area contributed by atoms with Crippen molar-refractivity contribution in [2.75, 3.05) is 19.0 Å². The van der Waals surface area contributed by atoms with Gasteiger partial charge in [-0.3, -0.25) is 4.90 Å². The van der Waals surface area contributed by atoms with E-state index in [4.69, 9.17) is 11.6 Å². The molecule has 1 rings (SSSR count). The van der Waals surface area contributed by atoms with E-state index in [1.54, 1.807) is 0 Å². The van der Waals surface area contributed by atoms with Gasteiger partial charge in [0.1, 0.15) is 0 Å². The molecule has 0 heterocycles. The lowest BCUT2D eigenvalue weighted by Crippen LogP contribution is -2.24. The van der Waals surface area contributed by atoms with Crippen molar-refractivity contribution in [3.05, 3.63) is 34.3 Å². The average Bonchev–Trinajstić information content (AvgIpc) is 2.39. The van der Waals surface area contributed by atoms with Gasteiger partial charge in [-0.05, 0) is 37.6 Å². The van der Waals surface area contributed by atoms with Gasteiger partial charge in [0.15, 0.2) is 0 Å². The van der Waals surface area contributed by atoms with Gasteiger partial charge in [0.2, 0.25) is 0 Å². The number of alkyl halides is 1. The van der Waals surface area contributed by atoms with E-state index in [9.17, 15) is 0 Å². The number of hydrogen-bond donors (Lipinski definition) is 0. The Morgan fingerprint density at radius 2 is 1.83 bits per heavy atom. The minimum absolute atomic E-state index is 0.800. The van der Waals surface area contributed by atoms with E-state index in [0.717, 1.165) is 25.4 Å². The molecule has 3 heteroatoms. The minimum Gasteiger partial charge on any atom is -0.299 e. The van der Waals surface area contributed by atoms with Gasteiger partial charge >= 0.3 is 0 Å². The summed E-state index contributed by atoms with van der Waals surface area (Å²) in [5.74, 6) is 0.800. The number of halogens is 2. The van der Waals surface area contributed by atoms with Gasteiger partial charge in [0, 0.05) is 16.9 Å². The summed E-state index contributed by atoms with van der Waals surface area (Å²) in [5, 5.41) is 0. The van der Waals surface area contributed by atoms with E-state index in [-0.39, 0.29) is 0 Å². The summed E-state index contributed by atoms with van der Waals surface area (Å²) < 4.78 is 1.21. The summed E-state index contributed by atoms with van der Waals surface area (Å²) in [6, 6.07) is 8.48. The molecule has 0 N–H and O–H groups in total. The molecule has 1 aromatic carbocycles. The quantitative estimate of drug-likeness (QED) is 0.451. The highest BCUT2D eigenvalue weighted by atomic mass is 79.9. The lowest BCUT2D eigenvalue weighted by molar-refractivity contribution is 0.272. The van der Waals surface area contributed by atoms with E-state index < -0.39 is 0 Å². The second-order valence-electron chi connectivity index (χ2n) is 4.56. The first kappa shape index (κ1) is 16.0. The maximum absolute atomic E-state index is 5.68. The van der Waals surface area contributed by atoms with Crippen LogP contribution in [-0.2, 0) is 6.54 Å². The smallest absolute Gasteiger partial charge is 0.0244 e. The maximum atomic E-state index is 5.68. The van der Waals surface area contributed by atoms with Gasteiger partial charge in [0.25, 0.3) is 0 Å². The van der Waals surface area contributed by atoms with Crippen molar-refractivity contribution < 1.29 is 0 Å². The molecule has 0 amide bonds. The topological polar surface area (TPSA) is 3.24 Å². The zero-order valence-corrected chi connectivity index (χ0v) is 13.5. The summed E-state index contributed by atoms with van der Waals surface area (Å²) in [5.41, 5.74) is 1.38. The lowest BCUT2D eigenvalue weighted by atomic mass is 10.1. The van der Waals surface area contributed by atoms with Crippen LogP contribution in [0.5, 0.6) is 0 Å². The van der Waals surface area contributed by atoms with Crippen LogP contribution >= 0.6 is 27.5 Å². The monoisotopic (exact) mass is 331 g/mol. The van der Waals surface area contributed by atoms with Gasteiger partial charge in [-0.2, -0.15) is 0 Å². The molecule has 0 aliphatic carbocycles. The van der Waals surface area contributed by atoms with Crippen molar-refractivity contribution in [3.63, 3.8) is 0 Å². The molecule has 18 heavy (non-hydrogen) atoms. The molecule has 0 aliphatic heterocycles. The molecule has 1 aromatic rings. The first-order valence-corrected chi connectivity index (χ1v) is 8.12. The highest BCUT2D eigenvalue weighted by Gasteiger charge is 2.05. The van der Waals surface area contributed by atoms with Crippen LogP contribution in [0.3, 0.4) is 0 Å². The summed E-state index contributed by atoms with van der Waals surface area (Å²) in [6.45, 7) is 5.56. The van der Waals surface area contributed by atoms with Crippen LogP contribution < -0.4 is 0 Å². The second kappa shape index (κ2) is 9.82. The van der Waals surface area contributed by atoms with Gasteiger partial charge in [0.05, 0.1) is 0 Å².